The fourth-order valence-electron chi connectivity index (χ4n) is 3.68. The van der Waals surface area contributed by atoms with E-state index >= 15 is 0 Å². The summed E-state index contributed by atoms with van der Waals surface area (Å²) in [6, 6.07) is 8.18. The second kappa shape index (κ2) is 7.21. The van der Waals surface area contributed by atoms with Crippen molar-refractivity contribution in [1.82, 2.24) is 14.9 Å². The van der Waals surface area contributed by atoms with Crippen LogP contribution >= 0.6 is 0 Å². The van der Waals surface area contributed by atoms with E-state index < -0.39 is 0 Å². The van der Waals surface area contributed by atoms with Gasteiger partial charge in [0.05, 0.1) is 18.5 Å². The maximum absolute atomic E-state index is 12.6. The molecule has 2 aliphatic rings. The number of hydrogen-bond donors (Lipinski definition) is 0. The van der Waals surface area contributed by atoms with Crippen LogP contribution in [0, 0.1) is 5.92 Å². The molecule has 2 aromatic rings. The van der Waals surface area contributed by atoms with E-state index in [0.717, 1.165) is 50.2 Å². The Labute approximate surface area is 148 Å². The van der Waals surface area contributed by atoms with Crippen LogP contribution in [0.3, 0.4) is 0 Å². The van der Waals surface area contributed by atoms with Crippen LogP contribution in [0.2, 0.25) is 0 Å². The minimum absolute atomic E-state index is 0.0132. The molecule has 1 fully saturated rings. The third kappa shape index (κ3) is 3.65. The van der Waals surface area contributed by atoms with Gasteiger partial charge in [0.15, 0.2) is 0 Å². The van der Waals surface area contributed by atoms with Gasteiger partial charge in [-0.05, 0) is 43.7 Å². The van der Waals surface area contributed by atoms with Crippen LogP contribution < -0.4 is 4.74 Å². The lowest BCUT2D eigenvalue weighted by molar-refractivity contribution is 0.0717. The standard InChI is InChI=1S/C20H23N3O2/c24-20(23-8-4-1-5-9-23)18-13-21-12-17(22-18)11-15-10-16-6-2-3-7-19(16)25-14-15/h2-3,6-7,12-13,15H,1,4-5,8-11,14H2. The molecule has 1 aromatic heterocycles. The molecule has 5 heteroatoms. The van der Waals surface area contributed by atoms with Crippen molar-refractivity contribution in [1.29, 1.82) is 0 Å². The first-order chi connectivity index (χ1) is 12.3. The SMILES string of the molecule is O=C(c1cncc(CC2COc3ccccc3C2)n1)N1CCCCC1. The number of amides is 1. The summed E-state index contributed by atoms with van der Waals surface area (Å²) in [6.07, 6.45) is 8.49. The van der Waals surface area contributed by atoms with Crippen LogP contribution in [0.1, 0.15) is 41.0 Å². The summed E-state index contributed by atoms with van der Waals surface area (Å²) in [5, 5.41) is 0. The van der Waals surface area contributed by atoms with E-state index in [2.05, 4.69) is 16.0 Å². The maximum atomic E-state index is 12.6. The van der Waals surface area contributed by atoms with Crippen LogP contribution in [-0.4, -0.2) is 40.5 Å². The maximum Gasteiger partial charge on any atom is 0.274 e. The van der Waals surface area contributed by atoms with Gasteiger partial charge in [0.2, 0.25) is 0 Å². The number of ether oxygens (including phenoxy) is 1. The molecule has 1 atom stereocenters. The lowest BCUT2D eigenvalue weighted by Gasteiger charge is -2.26. The quantitative estimate of drug-likeness (QED) is 0.864. The summed E-state index contributed by atoms with van der Waals surface area (Å²) in [5.41, 5.74) is 2.58. The van der Waals surface area contributed by atoms with E-state index in [0.29, 0.717) is 18.2 Å². The Morgan fingerprint density at radius 2 is 2.00 bits per heavy atom. The molecule has 0 saturated carbocycles. The van der Waals surface area contributed by atoms with Gasteiger partial charge in [0.1, 0.15) is 11.4 Å². The van der Waals surface area contributed by atoms with Gasteiger partial charge in [0, 0.05) is 25.2 Å². The predicted octanol–water partition coefficient (Wildman–Crippen LogP) is 2.90. The number of nitrogens with zero attached hydrogens (tertiary/aromatic N) is 3. The second-order valence-corrected chi connectivity index (χ2v) is 6.94. The highest BCUT2D eigenvalue weighted by Gasteiger charge is 2.23. The Balaban J connectivity index is 1.44. The lowest BCUT2D eigenvalue weighted by atomic mass is 9.93. The largest absolute Gasteiger partial charge is 0.493 e. The van der Waals surface area contributed by atoms with E-state index in [1.165, 1.54) is 12.0 Å². The van der Waals surface area contributed by atoms with Crippen LogP contribution in [0.15, 0.2) is 36.7 Å². The van der Waals surface area contributed by atoms with Gasteiger partial charge in [-0.15, -0.1) is 0 Å². The van der Waals surface area contributed by atoms with E-state index in [1.54, 1.807) is 12.4 Å². The third-order valence-corrected chi connectivity index (χ3v) is 5.00. The molecule has 5 nitrogen and oxygen atoms in total. The van der Waals surface area contributed by atoms with Crippen LogP contribution in [0.4, 0.5) is 0 Å². The summed E-state index contributed by atoms with van der Waals surface area (Å²) >= 11 is 0. The molecular weight excluding hydrogens is 314 g/mol. The van der Waals surface area contributed by atoms with Crippen molar-refractivity contribution in [2.24, 2.45) is 5.92 Å². The van der Waals surface area contributed by atoms with Crippen molar-refractivity contribution < 1.29 is 9.53 Å². The van der Waals surface area contributed by atoms with Gasteiger partial charge in [0.25, 0.3) is 5.91 Å². The number of hydrogen-bond acceptors (Lipinski definition) is 4. The molecule has 0 aliphatic carbocycles. The van der Waals surface area contributed by atoms with Gasteiger partial charge in [-0.3, -0.25) is 9.78 Å². The van der Waals surface area contributed by atoms with Crippen molar-refractivity contribution >= 4 is 5.91 Å². The number of rotatable bonds is 3. The Bertz CT molecular complexity index is 756. The third-order valence-electron chi connectivity index (χ3n) is 5.00. The summed E-state index contributed by atoms with van der Waals surface area (Å²) in [4.78, 5) is 23.4. The molecule has 0 radical (unpaired) electrons. The highest BCUT2D eigenvalue weighted by Crippen LogP contribution is 2.28. The van der Waals surface area contributed by atoms with Crippen molar-refractivity contribution in [2.75, 3.05) is 19.7 Å². The molecule has 0 bridgehead atoms. The first-order valence-corrected chi connectivity index (χ1v) is 9.10. The minimum Gasteiger partial charge on any atom is -0.493 e. The fourth-order valence-corrected chi connectivity index (χ4v) is 3.68. The van der Waals surface area contributed by atoms with E-state index in [4.69, 9.17) is 4.74 Å². The summed E-state index contributed by atoms with van der Waals surface area (Å²) in [5.74, 6) is 1.36. The molecule has 1 amide bonds. The monoisotopic (exact) mass is 337 g/mol. The number of para-hydroxylation sites is 1. The predicted molar refractivity (Wildman–Crippen MR) is 94.6 cm³/mol. The Morgan fingerprint density at radius 1 is 1.16 bits per heavy atom. The van der Waals surface area contributed by atoms with Gasteiger partial charge in [-0.2, -0.15) is 0 Å². The molecule has 2 aliphatic heterocycles. The zero-order chi connectivity index (χ0) is 17.1. The van der Waals surface area contributed by atoms with Crippen molar-refractivity contribution in [3.05, 3.63) is 53.6 Å². The summed E-state index contributed by atoms with van der Waals surface area (Å²) < 4.78 is 5.86. The molecule has 0 N–H and O–H groups in total. The molecule has 1 saturated heterocycles. The molecule has 1 aromatic carbocycles. The van der Waals surface area contributed by atoms with E-state index in [1.807, 2.05) is 23.1 Å². The summed E-state index contributed by atoms with van der Waals surface area (Å²) in [7, 11) is 0. The van der Waals surface area contributed by atoms with Crippen LogP contribution in [0.25, 0.3) is 0 Å². The van der Waals surface area contributed by atoms with Gasteiger partial charge in [-0.1, -0.05) is 18.2 Å². The van der Waals surface area contributed by atoms with Gasteiger partial charge >= 0.3 is 0 Å². The minimum atomic E-state index is 0.0132. The first-order valence-electron chi connectivity index (χ1n) is 9.10. The highest BCUT2D eigenvalue weighted by molar-refractivity contribution is 5.92. The van der Waals surface area contributed by atoms with Gasteiger partial charge < -0.3 is 9.64 Å². The molecule has 130 valence electrons. The lowest BCUT2D eigenvalue weighted by Crippen LogP contribution is -2.36. The van der Waals surface area contributed by atoms with Crippen molar-refractivity contribution in [3.63, 3.8) is 0 Å². The number of carbonyl (C=O) groups is 1. The molecule has 1 unspecified atom stereocenters. The average molecular weight is 337 g/mol. The fraction of sp³-hybridized carbons (Fsp3) is 0.450. The Kier molecular flexibility index (Phi) is 4.63. The topological polar surface area (TPSA) is 55.3 Å². The zero-order valence-electron chi connectivity index (χ0n) is 14.4. The molecule has 25 heavy (non-hydrogen) atoms. The zero-order valence-corrected chi connectivity index (χ0v) is 14.4. The number of carbonyl (C=O) groups excluding carboxylic acids is 1. The van der Waals surface area contributed by atoms with Crippen molar-refractivity contribution in [2.45, 2.75) is 32.1 Å². The molecule has 4 rings (SSSR count). The average Bonchev–Trinajstić information content (AvgIpc) is 2.68. The smallest absolute Gasteiger partial charge is 0.274 e. The number of aromatic nitrogens is 2. The number of likely N-dealkylation sites (tertiary alicyclic amines) is 1. The first kappa shape index (κ1) is 16.1. The number of benzene rings is 1. The van der Waals surface area contributed by atoms with E-state index in [-0.39, 0.29) is 5.91 Å². The summed E-state index contributed by atoms with van der Waals surface area (Å²) in [6.45, 7) is 2.35. The molecule has 3 heterocycles. The normalized spacial score (nSPS) is 19.8. The van der Waals surface area contributed by atoms with Crippen LogP contribution in [-0.2, 0) is 12.8 Å². The van der Waals surface area contributed by atoms with Crippen molar-refractivity contribution in [3.8, 4) is 5.75 Å². The van der Waals surface area contributed by atoms with E-state index in [9.17, 15) is 4.79 Å². The van der Waals surface area contributed by atoms with Crippen LogP contribution in [0.5, 0.6) is 5.75 Å². The molecular formula is C20H23N3O2. The highest BCUT2D eigenvalue weighted by atomic mass is 16.5. The number of fused-ring (bicyclic) bond motifs is 1. The molecule has 0 spiro atoms. The number of piperidine rings is 1. The second-order valence-electron chi connectivity index (χ2n) is 6.94. The Morgan fingerprint density at radius 3 is 2.88 bits per heavy atom. The van der Waals surface area contributed by atoms with Gasteiger partial charge in [-0.25, -0.2) is 4.98 Å². The Hall–Kier alpha value is -2.43.